The summed E-state index contributed by atoms with van der Waals surface area (Å²) in [6.07, 6.45) is 0.869. The lowest BCUT2D eigenvalue weighted by molar-refractivity contribution is -0.384. The first-order chi connectivity index (χ1) is 9.49. The number of nitro groups is 1. The molecule has 0 radical (unpaired) electrons. The largest absolute Gasteiger partial charge is 0.383 e. The van der Waals surface area contributed by atoms with Gasteiger partial charge in [-0.2, -0.15) is 0 Å². The minimum Gasteiger partial charge on any atom is -0.383 e. The van der Waals surface area contributed by atoms with Crippen molar-refractivity contribution in [2.24, 2.45) is 5.92 Å². The average Bonchev–Trinajstić information content (AvgIpc) is 2.43. The zero-order valence-electron chi connectivity index (χ0n) is 12.6. The molecule has 0 fully saturated rings. The Morgan fingerprint density at radius 3 is 2.60 bits per heavy atom. The minimum atomic E-state index is -0.356. The SMILES string of the molecule is CCC(NC(COC)C(C)C)c1cccc([N+](=O)[O-])c1. The van der Waals surface area contributed by atoms with Crippen LogP contribution in [-0.4, -0.2) is 24.7 Å². The monoisotopic (exact) mass is 280 g/mol. The van der Waals surface area contributed by atoms with Crippen LogP contribution in [0.5, 0.6) is 0 Å². The molecule has 112 valence electrons. The Bertz CT molecular complexity index is 435. The third-order valence-corrected chi connectivity index (χ3v) is 3.46. The zero-order valence-corrected chi connectivity index (χ0v) is 12.6. The van der Waals surface area contributed by atoms with Gasteiger partial charge in [-0.3, -0.25) is 10.1 Å². The van der Waals surface area contributed by atoms with Crippen molar-refractivity contribution in [3.8, 4) is 0 Å². The number of hydrogen-bond acceptors (Lipinski definition) is 4. The smallest absolute Gasteiger partial charge is 0.269 e. The van der Waals surface area contributed by atoms with Crippen LogP contribution in [0.25, 0.3) is 0 Å². The second-order valence-electron chi connectivity index (χ2n) is 5.29. The quantitative estimate of drug-likeness (QED) is 0.586. The van der Waals surface area contributed by atoms with Crippen molar-refractivity contribution < 1.29 is 9.66 Å². The van der Waals surface area contributed by atoms with E-state index in [4.69, 9.17) is 4.74 Å². The van der Waals surface area contributed by atoms with Gasteiger partial charge in [0.2, 0.25) is 0 Å². The summed E-state index contributed by atoms with van der Waals surface area (Å²) >= 11 is 0. The summed E-state index contributed by atoms with van der Waals surface area (Å²) in [5.41, 5.74) is 1.08. The van der Waals surface area contributed by atoms with E-state index in [0.29, 0.717) is 12.5 Å². The van der Waals surface area contributed by atoms with E-state index in [9.17, 15) is 10.1 Å². The Balaban J connectivity index is 2.89. The molecule has 1 aromatic carbocycles. The van der Waals surface area contributed by atoms with Crippen molar-refractivity contribution in [2.45, 2.75) is 39.3 Å². The number of rotatable bonds is 8. The Morgan fingerprint density at radius 2 is 2.10 bits per heavy atom. The van der Waals surface area contributed by atoms with Gasteiger partial charge < -0.3 is 10.1 Å². The molecule has 0 aliphatic heterocycles. The predicted molar refractivity (Wildman–Crippen MR) is 79.8 cm³/mol. The van der Waals surface area contributed by atoms with Crippen LogP contribution in [0.1, 0.15) is 38.8 Å². The van der Waals surface area contributed by atoms with E-state index in [1.54, 1.807) is 19.2 Å². The van der Waals surface area contributed by atoms with Crippen molar-refractivity contribution in [1.29, 1.82) is 0 Å². The first-order valence-electron chi connectivity index (χ1n) is 6.98. The van der Waals surface area contributed by atoms with Gasteiger partial charge in [-0.1, -0.05) is 32.9 Å². The van der Waals surface area contributed by atoms with Gasteiger partial charge >= 0.3 is 0 Å². The van der Waals surface area contributed by atoms with E-state index in [-0.39, 0.29) is 22.7 Å². The topological polar surface area (TPSA) is 64.4 Å². The number of nitrogens with one attached hydrogen (secondary N) is 1. The summed E-state index contributed by atoms with van der Waals surface area (Å²) in [7, 11) is 1.69. The maximum atomic E-state index is 10.9. The van der Waals surface area contributed by atoms with Crippen molar-refractivity contribution in [1.82, 2.24) is 5.32 Å². The molecule has 5 nitrogen and oxygen atoms in total. The van der Waals surface area contributed by atoms with Crippen LogP contribution < -0.4 is 5.32 Å². The number of non-ortho nitro benzene ring substituents is 1. The number of ether oxygens (including phenoxy) is 1. The van der Waals surface area contributed by atoms with Gasteiger partial charge in [0.1, 0.15) is 0 Å². The molecule has 2 atom stereocenters. The number of benzene rings is 1. The van der Waals surface area contributed by atoms with Gasteiger partial charge in [0, 0.05) is 31.3 Å². The van der Waals surface area contributed by atoms with Gasteiger partial charge in [0.15, 0.2) is 0 Å². The highest BCUT2D eigenvalue weighted by molar-refractivity contribution is 5.35. The predicted octanol–water partition coefficient (Wildman–Crippen LogP) is 3.31. The molecule has 5 heteroatoms. The number of methoxy groups -OCH3 is 1. The van der Waals surface area contributed by atoms with Gasteiger partial charge in [0.05, 0.1) is 11.5 Å². The highest BCUT2D eigenvalue weighted by atomic mass is 16.6. The van der Waals surface area contributed by atoms with Crippen LogP contribution in [0.2, 0.25) is 0 Å². The maximum absolute atomic E-state index is 10.9. The average molecular weight is 280 g/mol. The van der Waals surface area contributed by atoms with Crippen LogP contribution >= 0.6 is 0 Å². The van der Waals surface area contributed by atoms with E-state index in [1.807, 2.05) is 6.07 Å². The van der Waals surface area contributed by atoms with Gasteiger partial charge in [-0.15, -0.1) is 0 Å². The van der Waals surface area contributed by atoms with E-state index >= 15 is 0 Å². The van der Waals surface area contributed by atoms with Crippen molar-refractivity contribution in [2.75, 3.05) is 13.7 Å². The number of nitrogens with zero attached hydrogens (tertiary/aromatic N) is 1. The molecule has 0 heterocycles. The molecule has 1 N–H and O–H groups in total. The zero-order chi connectivity index (χ0) is 15.1. The summed E-state index contributed by atoms with van der Waals surface area (Å²) in [4.78, 5) is 10.5. The Hall–Kier alpha value is -1.46. The molecule has 0 spiro atoms. The van der Waals surface area contributed by atoms with Crippen molar-refractivity contribution >= 4 is 5.69 Å². The third-order valence-electron chi connectivity index (χ3n) is 3.46. The van der Waals surface area contributed by atoms with E-state index in [2.05, 4.69) is 26.1 Å². The number of hydrogen-bond donors (Lipinski definition) is 1. The van der Waals surface area contributed by atoms with Crippen LogP contribution in [0.3, 0.4) is 0 Å². The van der Waals surface area contributed by atoms with E-state index < -0.39 is 0 Å². The molecule has 20 heavy (non-hydrogen) atoms. The molecule has 2 unspecified atom stereocenters. The fraction of sp³-hybridized carbons (Fsp3) is 0.600. The lowest BCUT2D eigenvalue weighted by atomic mass is 9.99. The van der Waals surface area contributed by atoms with E-state index in [1.165, 1.54) is 6.07 Å². The summed E-state index contributed by atoms with van der Waals surface area (Å²) < 4.78 is 5.24. The first-order valence-corrected chi connectivity index (χ1v) is 6.98. The minimum absolute atomic E-state index is 0.0949. The van der Waals surface area contributed by atoms with Crippen molar-refractivity contribution in [3.05, 3.63) is 39.9 Å². The second-order valence-corrected chi connectivity index (χ2v) is 5.29. The van der Waals surface area contributed by atoms with Crippen LogP contribution in [-0.2, 0) is 4.74 Å². The van der Waals surface area contributed by atoms with Gasteiger partial charge in [-0.05, 0) is 17.9 Å². The second kappa shape index (κ2) is 7.97. The van der Waals surface area contributed by atoms with Crippen LogP contribution in [0.4, 0.5) is 5.69 Å². The molecule has 0 bridgehead atoms. The molecule has 0 aliphatic rings. The van der Waals surface area contributed by atoms with E-state index in [0.717, 1.165) is 12.0 Å². The van der Waals surface area contributed by atoms with Crippen LogP contribution in [0.15, 0.2) is 24.3 Å². The molecule has 1 aromatic rings. The Labute approximate surface area is 120 Å². The molecule has 1 rings (SSSR count). The normalized spacial score (nSPS) is 14.2. The first kappa shape index (κ1) is 16.6. The molecular formula is C15H24N2O3. The highest BCUT2D eigenvalue weighted by Crippen LogP contribution is 2.23. The standard InChI is InChI=1S/C15H24N2O3/c1-5-14(16-15(10-20-4)11(2)3)12-7-6-8-13(9-12)17(18)19/h6-9,11,14-16H,5,10H2,1-4H3. The van der Waals surface area contributed by atoms with Crippen LogP contribution in [0, 0.1) is 16.0 Å². The fourth-order valence-corrected chi connectivity index (χ4v) is 2.18. The molecule has 0 aliphatic carbocycles. The Morgan fingerprint density at radius 1 is 1.40 bits per heavy atom. The molecule has 0 saturated carbocycles. The molecule has 0 aromatic heterocycles. The third kappa shape index (κ3) is 4.58. The summed E-state index contributed by atoms with van der Waals surface area (Å²) in [5.74, 6) is 0.433. The maximum Gasteiger partial charge on any atom is 0.269 e. The van der Waals surface area contributed by atoms with Crippen molar-refractivity contribution in [3.63, 3.8) is 0 Å². The van der Waals surface area contributed by atoms with Gasteiger partial charge in [-0.25, -0.2) is 0 Å². The molecule has 0 amide bonds. The lowest BCUT2D eigenvalue weighted by Crippen LogP contribution is -2.40. The summed E-state index contributed by atoms with van der Waals surface area (Å²) in [6, 6.07) is 7.15. The fourth-order valence-electron chi connectivity index (χ4n) is 2.18. The molecular weight excluding hydrogens is 256 g/mol. The summed E-state index contributed by atoms with van der Waals surface area (Å²) in [5, 5.41) is 14.4. The highest BCUT2D eigenvalue weighted by Gasteiger charge is 2.19. The lowest BCUT2D eigenvalue weighted by Gasteiger charge is -2.27. The molecule has 0 saturated heterocycles. The van der Waals surface area contributed by atoms with Gasteiger partial charge in [0.25, 0.3) is 5.69 Å². The number of nitro benzene ring substituents is 1. The summed E-state index contributed by atoms with van der Waals surface area (Å²) in [6.45, 7) is 6.97. The Kier molecular flexibility index (Phi) is 6.61.